The van der Waals surface area contributed by atoms with Crippen LogP contribution in [0.1, 0.15) is 15.9 Å². The third-order valence-corrected chi connectivity index (χ3v) is 3.21. The number of rotatable bonds is 3. The largest absolute Gasteiger partial charge is 0.396 e. The van der Waals surface area contributed by atoms with E-state index < -0.39 is 5.82 Å². The second kappa shape index (κ2) is 5.83. The van der Waals surface area contributed by atoms with Crippen molar-refractivity contribution < 1.29 is 9.18 Å². The molecule has 21 heavy (non-hydrogen) atoms. The van der Waals surface area contributed by atoms with Crippen molar-refractivity contribution in [2.45, 2.75) is 6.92 Å². The molecule has 0 saturated carbocycles. The number of benzene rings is 2. The fourth-order valence-electron chi connectivity index (χ4n) is 2.06. The van der Waals surface area contributed by atoms with Crippen molar-refractivity contribution in [3.05, 3.63) is 53.3 Å². The fourth-order valence-corrected chi connectivity index (χ4v) is 2.06. The molecule has 0 saturated heterocycles. The van der Waals surface area contributed by atoms with Crippen LogP contribution < -0.4 is 16.0 Å². The van der Waals surface area contributed by atoms with Gasteiger partial charge in [0.25, 0.3) is 5.91 Å². The Kier molecular flexibility index (Phi) is 4.12. The normalized spacial score (nSPS) is 10.3. The van der Waals surface area contributed by atoms with Crippen molar-refractivity contribution in [1.29, 1.82) is 0 Å². The van der Waals surface area contributed by atoms with E-state index in [0.717, 1.165) is 11.3 Å². The first kappa shape index (κ1) is 14.8. The van der Waals surface area contributed by atoms with E-state index in [-0.39, 0.29) is 11.6 Å². The van der Waals surface area contributed by atoms with Gasteiger partial charge in [0.2, 0.25) is 0 Å². The number of carbonyl (C=O) groups is 1. The van der Waals surface area contributed by atoms with Crippen molar-refractivity contribution in [3.63, 3.8) is 0 Å². The molecule has 0 aliphatic carbocycles. The first-order valence-electron chi connectivity index (χ1n) is 6.53. The molecule has 0 aromatic heterocycles. The summed E-state index contributed by atoms with van der Waals surface area (Å²) < 4.78 is 13.1. The van der Waals surface area contributed by atoms with Crippen LogP contribution in [0.25, 0.3) is 0 Å². The van der Waals surface area contributed by atoms with Crippen molar-refractivity contribution in [3.8, 4) is 0 Å². The molecular weight excluding hydrogens is 269 g/mol. The summed E-state index contributed by atoms with van der Waals surface area (Å²) in [6.45, 7) is 2.00. The number of carbonyl (C=O) groups excluding carboxylic acids is 1. The average Bonchev–Trinajstić information content (AvgIpc) is 2.43. The molecule has 0 unspecified atom stereocenters. The minimum absolute atomic E-state index is 0.0412. The number of nitrogen functional groups attached to an aromatic ring is 1. The van der Waals surface area contributed by atoms with Crippen LogP contribution in [-0.4, -0.2) is 20.0 Å². The molecule has 0 radical (unpaired) electrons. The summed E-state index contributed by atoms with van der Waals surface area (Å²) in [7, 11) is 3.88. The molecular formula is C16H18FN3O. The van der Waals surface area contributed by atoms with Crippen molar-refractivity contribution >= 4 is 23.0 Å². The van der Waals surface area contributed by atoms with Gasteiger partial charge in [0.15, 0.2) is 0 Å². The molecule has 2 aromatic rings. The van der Waals surface area contributed by atoms with Gasteiger partial charge in [-0.25, -0.2) is 4.39 Å². The Hall–Kier alpha value is -2.56. The SMILES string of the molecule is Cc1ccc(NC(=O)c2ccc(F)c(N)c2)cc1N(C)C. The lowest BCUT2D eigenvalue weighted by Crippen LogP contribution is -2.14. The number of amides is 1. The summed E-state index contributed by atoms with van der Waals surface area (Å²) in [4.78, 5) is 14.1. The quantitative estimate of drug-likeness (QED) is 0.853. The van der Waals surface area contributed by atoms with Gasteiger partial charge in [0.1, 0.15) is 5.82 Å². The molecule has 4 nitrogen and oxygen atoms in total. The fraction of sp³-hybridized carbons (Fsp3) is 0.188. The molecule has 2 rings (SSSR count). The second-order valence-corrected chi connectivity index (χ2v) is 5.09. The van der Waals surface area contributed by atoms with E-state index in [1.165, 1.54) is 18.2 Å². The lowest BCUT2D eigenvalue weighted by Gasteiger charge is -2.17. The zero-order valence-electron chi connectivity index (χ0n) is 12.3. The van der Waals surface area contributed by atoms with Crippen molar-refractivity contribution in [2.24, 2.45) is 0 Å². The molecule has 0 bridgehead atoms. The minimum atomic E-state index is -0.531. The highest BCUT2D eigenvalue weighted by molar-refractivity contribution is 6.05. The van der Waals surface area contributed by atoms with Gasteiger partial charge in [-0.05, 0) is 42.8 Å². The predicted molar refractivity (Wildman–Crippen MR) is 84.3 cm³/mol. The van der Waals surface area contributed by atoms with E-state index in [4.69, 9.17) is 5.73 Å². The molecule has 2 aromatic carbocycles. The number of nitrogens with zero attached hydrogens (tertiary/aromatic N) is 1. The Morgan fingerprint density at radius 2 is 1.90 bits per heavy atom. The summed E-state index contributed by atoms with van der Waals surface area (Å²) >= 11 is 0. The molecule has 1 amide bonds. The minimum Gasteiger partial charge on any atom is -0.396 e. The van der Waals surface area contributed by atoms with Crippen LogP contribution in [0.3, 0.4) is 0 Å². The summed E-state index contributed by atoms with van der Waals surface area (Å²) in [6.07, 6.45) is 0. The third-order valence-electron chi connectivity index (χ3n) is 3.21. The van der Waals surface area contributed by atoms with E-state index in [1.807, 2.05) is 44.1 Å². The lowest BCUT2D eigenvalue weighted by molar-refractivity contribution is 0.102. The summed E-state index contributed by atoms with van der Waals surface area (Å²) in [6, 6.07) is 9.57. The summed E-state index contributed by atoms with van der Waals surface area (Å²) in [5, 5.41) is 2.78. The number of anilines is 3. The number of aryl methyl sites for hydroxylation is 1. The van der Waals surface area contributed by atoms with Gasteiger partial charge in [0, 0.05) is 31.0 Å². The van der Waals surface area contributed by atoms with Crippen LogP contribution in [0.4, 0.5) is 21.5 Å². The summed E-state index contributed by atoms with van der Waals surface area (Å²) in [5.74, 6) is -0.855. The Balaban J connectivity index is 2.23. The van der Waals surface area contributed by atoms with Gasteiger partial charge < -0.3 is 16.0 Å². The van der Waals surface area contributed by atoms with Crippen molar-refractivity contribution in [2.75, 3.05) is 30.0 Å². The maximum absolute atomic E-state index is 13.1. The van der Waals surface area contributed by atoms with Gasteiger partial charge in [0.05, 0.1) is 5.69 Å². The highest BCUT2D eigenvalue weighted by Crippen LogP contribution is 2.23. The Bertz CT molecular complexity index is 683. The highest BCUT2D eigenvalue weighted by atomic mass is 19.1. The second-order valence-electron chi connectivity index (χ2n) is 5.09. The number of hydrogen-bond acceptors (Lipinski definition) is 3. The van der Waals surface area contributed by atoms with E-state index >= 15 is 0 Å². The van der Waals surface area contributed by atoms with Crippen molar-refractivity contribution in [1.82, 2.24) is 0 Å². The molecule has 5 heteroatoms. The first-order valence-corrected chi connectivity index (χ1v) is 6.53. The molecule has 0 fully saturated rings. The zero-order valence-corrected chi connectivity index (χ0v) is 12.3. The average molecular weight is 287 g/mol. The highest BCUT2D eigenvalue weighted by Gasteiger charge is 2.10. The van der Waals surface area contributed by atoms with Gasteiger partial charge in [-0.2, -0.15) is 0 Å². The Morgan fingerprint density at radius 3 is 2.52 bits per heavy atom. The van der Waals surface area contributed by atoms with Gasteiger partial charge in [-0.3, -0.25) is 4.79 Å². The molecule has 3 N–H and O–H groups in total. The zero-order chi connectivity index (χ0) is 15.6. The third kappa shape index (κ3) is 3.31. The number of nitrogens with two attached hydrogens (primary N) is 1. The molecule has 0 heterocycles. The molecule has 0 aliphatic heterocycles. The van der Waals surface area contributed by atoms with Gasteiger partial charge in [-0.15, -0.1) is 0 Å². The van der Waals surface area contributed by atoms with E-state index in [0.29, 0.717) is 11.3 Å². The molecule has 0 atom stereocenters. The lowest BCUT2D eigenvalue weighted by atomic mass is 10.1. The molecule has 0 aliphatic rings. The van der Waals surface area contributed by atoms with Crippen LogP contribution in [-0.2, 0) is 0 Å². The monoisotopic (exact) mass is 287 g/mol. The van der Waals surface area contributed by atoms with E-state index in [9.17, 15) is 9.18 Å². The topological polar surface area (TPSA) is 58.4 Å². The van der Waals surface area contributed by atoms with E-state index in [1.54, 1.807) is 0 Å². The first-order chi connectivity index (χ1) is 9.88. The van der Waals surface area contributed by atoms with Crippen LogP contribution >= 0.6 is 0 Å². The standard InChI is InChI=1S/C16H18FN3O/c1-10-4-6-12(9-15(10)20(2)3)19-16(21)11-5-7-13(17)14(18)8-11/h4-9H,18H2,1-3H3,(H,19,21). The molecule has 0 spiro atoms. The Morgan fingerprint density at radius 1 is 1.19 bits per heavy atom. The molecule has 110 valence electrons. The van der Waals surface area contributed by atoms with Gasteiger partial charge in [-0.1, -0.05) is 6.07 Å². The van der Waals surface area contributed by atoms with Crippen LogP contribution in [0.2, 0.25) is 0 Å². The number of nitrogens with one attached hydrogen (secondary N) is 1. The van der Waals surface area contributed by atoms with Gasteiger partial charge >= 0.3 is 0 Å². The Labute approximate surface area is 123 Å². The maximum Gasteiger partial charge on any atom is 0.255 e. The van der Waals surface area contributed by atoms with E-state index in [2.05, 4.69) is 5.32 Å². The number of halogens is 1. The predicted octanol–water partition coefficient (Wildman–Crippen LogP) is 3.03. The maximum atomic E-state index is 13.1. The van der Waals surface area contributed by atoms with Crippen LogP contribution in [0.5, 0.6) is 0 Å². The smallest absolute Gasteiger partial charge is 0.255 e. The number of hydrogen-bond donors (Lipinski definition) is 2. The van der Waals surface area contributed by atoms with Crippen LogP contribution in [0.15, 0.2) is 36.4 Å². The van der Waals surface area contributed by atoms with Crippen LogP contribution in [0, 0.1) is 12.7 Å². The summed E-state index contributed by atoms with van der Waals surface area (Å²) in [5.41, 5.74) is 8.57.